The zero-order valence-electron chi connectivity index (χ0n) is 7.59. The molecule has 0 fully saturated rings. The lowest BCUT2D eigenvalue weighted by atomic mass is 9.95. The molecule has 0 heterocycles. The van der Waals surface area contributed by atoms with Crippen molar-refractivity contribution in [3.8, 4) is 0 Å². The molecule has 0 radical (unpaired) electrons. The van der Waals surface area contributed by atoms with Crippen LogP contribution in [0.2, 0.25) is 0 Å². The minimum atomic E-state index is -0.256. The molecule has 0 aliphatic carbocycles. The Morgan fingerprint density at radius 2 is 2.00 bits per heavy atom. The third kappa shape index (κ3) is 3.79. The van der Waals surface area contributed by atoms with Gasteiger partial charge >= 0.3 is 0 Å². The zero-order valence-corrected chi connectivity index (χ0v) is 7.59. The van der Waals surface area contributed by atoms with Crippen LogP contribution in [0.5, 0.6) is 0 Å². The molecular formula is C10H17N. The third-order valence-corrected chi connectivity index (χ3v) is 1.47. The summed E-state index contributed by atoms with van der Waals surface area (Å²) in [5.41, 5.74) is 6.74. The maximum Gasteiger partial charge on any atom is 0.0349 e. The predicted molar refractivity (Wildman–Crippen MR) is 51.4 cm³/mol. The average Bonchev–Trinajstić information content (AvgIpc) is 1.87. The van der Waals surface area contributed by atoms with Crippen LogP contribution in [-0.2, 0) is 0 Å². The summed E-state index contributed by atoms with van der Waals surface area (Å²) in [6, 6.07) is 0. The highest BCUT2D eigenvalue weighted by atomic mass is 14.7. The molecule has 0 aromatic heterocycles. The van der Waals surface area contributed by atoms with Crippen molar-refractivity contribution in [2.75, 3.05) is 0 Å². The molecule has 0 aromatic rings. The molecule has 11 heavy (non-hydrogen) atoms. The molecule has 0 aromatic carbocycles. The summed E-state index contributed by atoms with van der Waals surface area (Å²) in [5.74, 6) is 0. The van der Waals surface area contributed by atoms with E-state index in [1.54, 1.807) is 6.08 Å². The van der Waals surface area contributed by atoms with Gasteiger partial charge in [-0.15, -0.1) is 0 Å². The van der Waals surface area contributed by atoms with Gasteiger partial charge in [0.1, 0.15) is 0 Å². The topological polar surface area (TPSA) is 26.0 Å². The van der Waals surface area contributed by atoms with Crippen molar-refractivity contribution in [1.82, 2.24) is 0 Å². The molecule has 2 N–H and O–H groups in total. The Morgan fingerprint density at radius 1 is 1.45 bits per heavy atom. The van der Waals surface area contributed by atoms with Gasteiger partial charge in [0.05, 0.1) is 0 Å². The Bertz CT molecular complexity index is 180. The highest BCUT2D eigenvalue weighted by molar-refractivity contribution is 5.29. The Labute approximate surface area is 69.3 Å². The van der Waals surface area contributed by atoms with E-state index in [1.807, 2.05) is 39.0 Å². The molecule has 0 saturated heterocycles. The van der Waals surface area contributed by atoms with E-state index in [0.717, 1.165) is 5.57 Å². The van der Waals surface area contributed by atoms with Crippen molar-refractivity contribution < 1.29 is 0 Å². The number of nitrogens with two attached hydrogens (primary N) is 1. The standard InChI is InChI=1S/C10H17N/c1-5-7-8-9(6-2)10(3,4)11/h5-8H,1,11H2,2-4H3. The fourth-order valence-corrected chi connectivity index (χ4v) is 0.855. The molecule has 1 heteroatoms. The van der Waals surface area contributed by atoms with Gasteiger partial charge < -0.3 is 5.73 Å². The first-order valence-corrected chi connectivity index (χ1v) is 3.77. The summed E-state index contributed by atoms with van der Waals surface area (Å²) in [6.45, 7) is 9.54. The van der Waals surface area contributed by atoms with Gasteiger partial charge in [-0.05, 0) is 26.3 Å². The molecule has 0 bridgehead atoms. The lowest BCUT2D eigenvalue weighted by Crippen LogP contribution is -2.33. The molecule has 0 aliphatic heterocycles. The summed E-state index contributed by atoms with van der Waals surface area (Å²) in [7, 11) is 0. The van der Waals surface area contributed by atoms with Crippen LogP contribution in [0.4, 0.5) is 0 Å². The maximum absolute atomic E-state index is 5.88. The highest BCUT2D eigenvalue weighted by Crippen LogP contribution is 2.13. The first-order valence-electron chi connectivity index (χ1n) is 3.77. The summed E-state index contributed by atoms with van der Waals surface area (Å²) in [6.07, 6.45) is 7.63. The second-order valence-corrected chi connectivity index (χ2v) is 3.06. The fraction of sp³-hybridized carbons (Fsp3) is 0.400. The van der Waals surface area contributed by atoms with Crippen molar-refractivity contribution >= 4 is 0 Å². The Kier molecular flexibility index (Phi) is 3.83. The fourth-order valence-electron chi connectivity index (χ4n) is 0.855. The van der Waals surface area contributed by atoms with Gasteiger partial charge in [-0.3, -0.25) is 0 Å². The second kappa shape index (κ2) is 4.14. The number of hydrogen-bond acceptors (Lipinski definition) is 1. The average molecular weight is 151 g/mol. The van der Waals surface area contributed by atoms with E-state index < -0.39 is 0 Å². The minimum absolute atomic E-state index is 0.256. The van der Waals surface area contributed by atoms with E-state index in [4.69, 9.17) is 5.73 Å². The monoisotopic (exact) mass is 151 g/mol. The molecule has 0 amide bonds. The molecular weight excluding hydrogens is 134 g/mol. The van der Waals surface area contributed by atoms with Crippen molar-refractivity contribution in [3.63, 3.8) is 0 Å². The zero-order chi connectivity index (χ0) is 8.91. The van der Waals surface area contributed by atoms with Crippen LogP contribution in [0.1, 0.15) is 20.8 Å². The SMILES string of the molecule is C=CC=CC(=CC)C(C)(C)N. The van der Waals surface area contributed by atoms with Gasteiger partial charge in [-0.1, -0.05) is 30.9 Å². The van der Waals surface area contributed by atoms with Gasteiger partial charge in [0.25, 0.3) is 0 Å². The summed E-state index contributed by atoms with van der Waals surface area (Å²) in [5, 5.41) is 0. The van der Waals surface area contributed by atoms with E-state index in [9.17, 15) is 0 Å². The largest absolute Gasteiger partial charge is 0.322 e. The molecule has 1 nitrogen and oxygen atoms in total. The first-order chi connectivity index (χ1) is 5.02. The predicted octanol–water partition coefficient (Wildman–Crippen LogP) is 2.41. The van der Waals surface area contributed by atoms with Crippen molar-refractivity contribution in [2.45, 2.75) is 26.3 Å². The smallest absolute Gasteiger partial charge is 0.0349 e. The van der Waals surface area contributed by atoms with Crippen LogP contribution in [0.25, 0.3) is 0 Å². The molecule has 0 aliphatic rings. The Balaban J connectivity index is 4.45. The van der Waals surface area contributed by atoms with Crippen LogP contribution in [0.3, 0.4) is 0 Å². The maximum atomic E-state index is 5.88. The normalized spacial score (nSPS) is 14.0. The van der Waals surface area contributed by atoms with Crippen LogP contribution >= 0.6 is 0 Å². The van der Waals surface area contributed by atoms with Gasteiger partial charge in [0.2, 0.25) is 0 Å². The molecule has 0 atom stereocenters. The number of hydrogen-bond donors (Lipinski definition) is 1. The summed E-state index contributed by atoms with van der Waals surface area (Å²) < 4.78 is 0. The quantitative estimate of drug-likeness (QED) is 0.616. The lowest BCUT2D eigenvalue weighted by molar-refractivity contribution is 0.625. The van der Waals surface area contributed by atoms with Gasteiger partial charge in [-0.25, -0.2) is 0 Å². The number of allylic oxidation sites excluding steroid dienone is 3. The van der Waals surface area contributed by atoms with Crippen LogP contribution in [-0.4, -0.2) is 5.54 Å². The van der Waals surface area contributed by atoms with E-state index >= 15 is 0 Å². The number of rotatable bonds is 3. The second-order valence-electron chi connectivity index (χ2n) is 3.06. The van der Waals surface area contributed by atoms with Crippen LogP contribution in [0, 0.1) is 0 Å². The van der Waals surface area contributed by atoms with Gasteiger partial charge in [0.15, 0.2) is 0 Å². The summed E-state index contributed by atoms with van der Waals surface area (Å²) in [4.78, 5) is 0. The molecule has 0 saturated carbocycles. The molecule has 0 spiro atoms. The van der Waals surface area contributed by atoms with Crippen molar-refractivity contribution in [3.05, 3.63) is 36.5 Å². The third-order valence-electron chi connectivity index (χ3n) is 1.47. The van der Waals surface area contributed by atoms with Gasteiger partial charge in [-0.2, -0.15) is 0 Å². The van der Waals surface area contributed by atoms with Crippen LogP contribution < -0.4 is 5.73 Å². The molecule has 0 unspecified atom stereocenters. The van der Waals surface area contributed by atoms with Gasteiger partial charge in [0, 0.05) is 5.54 Å². The molecule has 62 valence electrons. The first kappa shape index (κ1) is 10.2. The molecule has 0 rings (SSSR count). The Hall–Kier alpha value is -0.820. The van der Waals surface area contributed by atoms with E-state index in [-0.39, 0.29) is 5.54 Å². The minimum Gasteiger partial charge on any atom is -0.322 e. The van der Waals surface area contributed by atoms with E-state index in [1.165, 1.54) is 0 Å². The van der Waals surface area contributed by atoms with E-state index in [2.05, 4.69) is 6.58 Å². The highest BCUT2D eigenvalue weighted by Gasteiger charge is 2.12. The lowest BCUT2D eigenvalue weighted by Gasteiger charge is -2.19. The Morgan fingerprint density at radius 3 is 2.27 bits per heavy atom. The summed E-state index contributed by atoms with van der Waals surface area (Å²) >= 11 is 0. The van der Waals surface area contributed by atoms with Crippen LogP contribution in [0.15, 0.2) is 36.5 Å². The van der Waals surface area contributed by atoms with Crippen molar-refractivity contribution in [2.24, 2.45) is 5.73 Å². The van der Waals surface area contributed by atoms with Crippen molar-refractivity contribution in [1.29, 1.82) is 0 Å². The van der Waals surface area contributed by atoms with E-state index in [0.29, 0.717) is 0 Å².